The summed E-state index contributed by atoms with van der Waals surface area (Å²) in [6, 6.07) is 5.17. The zero-order chi connectivity index (χ0) is 29.9. The van der Waals surface area contributed by atoms with Crippen LogP contribution in [0.5, 0.6) is 23.0 Å². The summed E-state index contributed by atoms with van der Waals surface area (Å²) in [7, 11) is 3.08. The third kappa shape index (κ3) is 8.15. The maximum absolute atomic E-state index is 12.7. The number of unbranched alkanes of at least 4 members (excludes halogenated alkanes) is 1. The molecule has 0 atom stereocenters. The van der Waals surface area contributed by atoms with Crippen LogP contribution in [0.15, 0.2) is 29.8 Å². The monoisotopic (exact) mass is 569 g/mol. The Balaban J connectivity index is 1.70. The van der Waals surface area contributed by atoms with Gasteiger partial charge in [0.2, 0.25) is 5.91 Å². The third-order valence-corrected chi connectivity index (χ3v) is 6.81. The van der Waals surface area contributed by atoms with Crippen LogP contribution in [0.4, 0.5) is 5.69 Å². The summed E-state index contributed by atoms with van der Waals surface area (Å²) < 4.78 is 28.1. The lowest BCUT2D eigenvalue weighted by Crippen LogP contribution is -2.13. The molecule has 0 bridgehead atoms. The highest BCUT2D eigenvalue weighted by Gasteiger charge is 2.33. The molecule has 0 spiro atoms. The third-order valence-electron chi connectivity index (χ3n) is 6.81. The second kappa shape index (κ2) is 15.0. The number of hydrogen-bond donors (Lipinski definition) is 2. The molecule has 10 nitrogen and oxygen atoms in total. The summed E-state index contributed by atoms with van der Waals surface area (Å²) in [6.07, 6.45) is 4.25. The first-order valence-electron chi connectivity index (χ1n) is 13.7. The normalized spacial score (nSPS) is 12.4. The second-order valence-electron chi connectivity index (χ2n) is 9.70. The standard InChI is InChI=1S/C31H39NO9/c1-6-39-29-20(3)23-18-41-31(36)28(23)30(22(29)13-10-19(2)11-15-27(34)35)40-16-8-7-9-26(33)32-21-12-14-24(37-4)25(17-21)38-5/h10,12,14,17H,6-9,11,13,15-16,18H2,1-5H3,(H,32,33)(H,34,35). The fraction of sp³-hybridized carbons (Fsp3) is 0.452. The number of carbonyl (C=O) groups is 3. The number of esters is 1. The van der Waals surface area contributed by atoms with E-state index >= 15 is 0 Å². The minimum atomic E-state index is -0.856. The molecule has 0 aliphatic carbocycles. The number of carbonyl (C=O) groups excluding carboxylic acids is 2. The van der Waals surface area contributed by atoms with Crippen molar-refractivity contribution >= 4 is 23.5 Å². The Bertz CT molecular complexity index is 1300. The SMILES string of the molecule is CCOc1c(C)c2c(c(OCCCCC(=O)Nc3ccc(OC)c(OC)c3)c1CC=C(C)CCC(=O)O)C(=O)OC2. The summed E-state index contributed by atoms with van der Waals surface area (Å²) in [5.41, 5.74) is 4.24. The lowest BCUT2D eigenvalue weighted by molar-refractivity contribution is -0.137. The quantitative estimate of drug-likeness (QED) is 0.150. The van der Waals surface area contributed by atoms with Crippen LogP contribution in [0.3, 0.4) is 0 Å². The summed E-state index contributed by atoms with van der Waals surface area (Å²) >= 11 is 0. The van der Waals surface area contributed by atoms with Gasteiger partial charge in [-0.25, -0.2) is 4.79 Å². The molecule has 0 unspecified atom stereocenters. The Morgan fingerprint density at radius 2 is 1.80 bits per heavy atom. The minimum Gasteiger partial charge on any atom is -0.493 e. The van der Waals surface area contributed by atoms with Crippen molar-refractivity contribution in [3.8, 4) is 23.0 Å². The topological polar surface area (TPSA) is 130 Å². The molecule has 2 aromatic carbocycles. The molecule has 2 aromatic rings. The van der Waals surface area contributed by atoms with Gasteiger partial charge in [-0.3, -0.25) is 9.59 Å². The van der Waals surface area contributed by atoms with E-state index in [-0.39, 0.29) is 32.0 Å². The van der Waals surface area contributed by atoms with Gasteiger partial charge in [-0.15, -0.1) is 0 Å². The number of benzene rings is 2. The number of nitrogens with one attached hydrogen (secondary N) is 1. The molecule has 0 aromatic heterocycles. The van der Waals surface area contributed by atoms with E-state index in [2.05, 4.69) is 5.32 Å². The van der Waals surface area contributed by atoms with Gasteiger partial charge >= 0.3 is 11.9 Å². The van der Waals surface area contributed by atoms with Crippen LogP contribution in [-0.4, -0.2) is 50.4 Å². The van der Waals surface area contributed by atoms with Gasteiger partial charge in [-0.2, -0.15) is 0 Å². The molecule has 1 heterocycles. The van der Waals surface area contributed by atoms with Gasteiger partial charge in [0.05, 0.1) is 27.4 Å². The zero-order valence-corrected chi connectivity index (χ0v) is 24.4. The molecule has 222 valence electrons. The van der Waals surface area contributed by atoms with Gasteiger partial charge in [-0.05, 0) is 64.2 Å². The van der Waals surface area contributed by atoms with E-state index in [0.717, 1.165) is 22.3 Å². The Morgan fingerprint density at radius 3 is 2.49 bits per heavy atom. The predicted octanol–water partition coefficient (Wildman–Crippen LogP) is 5.62. The van der Waals surface area contributed by atoms with Crippen LogP contribution < -0.4 is 24.3 Å². The van der Waals surface area contributed by atoms with Gasteiger partial charge in [0.15, 0.2) is 11.5 Å². The number of hydrogen-bond acceptors (Lipinski definition) is 8. The highest BCUT2D eigenvalue weighted by molar-refractivity contribution is 5.98. The van der Waals surface area contributed by atoms with Crippen molar-refractivity contribution in [2.75, 3.05) is 32.8 Å². The Hall–Kier alpha value is -4.21. The molecule has 1 amide bonds. The predicted molar refractivity (Wildman–Crippen MR) is 153 cm³/mol. The van der Waals surface area contributed by atoms with E-state index in [0.29, 0.717) is 66.5 Å². The molecular weight excluding hydrogens is 530 g/mol. The maximum Gasteiger partial charge on any atom is 0.342 e. The molecule has 0 saturated heterocycles. The number of aliphatic carboxylic acids is 1. The van der Waals surface area contributed by atoms with Crippen molar-refractivity contribution in [3.63, 3.8) is 0 Å². The van der Waals surface area contributed by atoms with Crippen molar-refractivity contribution in [2.45, 2.75) is 65.9 Å². The van der Waals surface area contributed by atoms with E-state index < -0.39 is 11.9 Å². The van der Waals surface area contributed by atoms with Crippen molar-refractivity contribution in [3.05, 3.63) is 52.1 Å². The number of cyclic esters (lactones) is 1. The number of allylic oxidation sites excluding steroid dienone is 2. The number of rotatable bonds is 16. The second-order valence-corrected chi connectivity index (χ2v) is 9.70. The van der Waals surface area contributed by atoms with Crippen molar-refractivity contribution in [2.24, 2.45) is 0 Å². The molecule has 1 aliphatic rings. The van der Waals surface area contributed by atoms with Gasteiger partial charge in [0.1, 0.15) is 23.7 Å². The molecule has 0 saturated carbocycles. The van der Waals surface area contributed by atoms with E-state index in [9.17, 15) is 14.4 Å². The molecule has 1 aliphatic heterocycles. The summed E-state index contributed by atoms with van der Waals surface area (Å²) in [6.45, 7) is 6.53. The first kappa shape index (κ1) is 31.3. The molecule has 3 rings (SSSR count). The van der Waals surface area contributed by atoms with E-state index in [4.69, 9.17) is 28.8 Å². The number of ether oxygens (including phenoxy) is 5. The van der Waals surface area contributed by atoms with Crippen molar-refractivity contribution in [1.29, 1.82) is 0 Å². The zero-order valence-electron chi connectivity index (χ0n) is 24.4. The number of carboxylic acid groups (broad SMARTS) is 1. The highest BCUT2D eigenvalue weighted by Crippen LogP contribution is 2.43. The largest absolute Gasteiger partial charge is 0.493 e. The molecular formula is C31H39NO9. The van der Waals surface area contributed by atoms with E-state index in [1.807, 2.05) is 26.8 Å². The van der Waals surface area contributed by atoms with Gasteiger partial charge in [0, 0.05) is 35.7 Å². The van der Waals surface area contributed by atoms with Crippen LogP contribution in [0.25, 0.3) is 0 Å². The van der Waals surface area contributed by atoms with Crippen LogP contribution in [0, 0.1) is 6.92 Å². The highest BCUT2D eigenvalue weighted by atomic mass is 16.5. The summed E-state index contributed by atoms with van der Waals surface area (Å²) in [4.78, 5) is 36.2. The Labute approximate surface area is 240 Å². The van der Waals surface area contributed by atoms with E-state index in [1.54, 1.807) is 25.3 Å². The molecule has 0 radical (unpaired) electrons. The van der Waals surface area contributed by atoms with E-state index in [1.165, 1.54) is 7.11 Å². The number of anilines is 1. The fourth-order valence-corrected chi connectivity index (χ4v) is 4.61. The summed E-state index contributed by atoms with van der Waals surface area (Å²) in [5.74, 6) is 0.737. The number of amides is 1. The molecule has 2 N–H and O–H groups in total. The summed E-state index contributed by atoms with van der Waals surface area (Å²) in [5, 5.41) is 11.9. The smallest absolute Gasteiger partial charge is 0.342 e. The van der Waals surface area contributed by atoms with Crippen LogP contribution in [0.2, 0.25) is 0 Å². The van der Waals surface area contributed by atoms with Crippen molar-refractivity contribution < 1.29 is 43.2 Å². The molecule has 10 heteroatoms. The minimum absolute atomic E-state index is 0.0408. The fourth-order valence-electron chi connectivity index (χ4n) is 4.61. The Morgan fingerprint density at radius 1 is 1.05 bits per heavy atom. The van der Waals surface area contributed by atoms with Crippen LogP contribution in [-0.2, 0) is 27.4 Å². The van der Waals surface area contributed by atoms with Gasteiger partial charge in [0.25, 0.3) is 0 Å². The molecule has 41 heavy (non-hydrogen) atoms. The lowest BCUT2D eigenvalue weighted by atomic mass is 9.94. The average molecular weight is 570 g/mol. The maximum atomic E-state index is 12.7. The number of fused-ring (bicyclic) bond motifs is 1. The number of carboxylic acids is 1. The van der Waals surface area contributed by atoms with Gasteiger partial charge in [-0.1, -0.05) is 11.6 Å². The first-order valence-corrected chi connectivity index (χ1v) is 13.7. The Kier molecular flexibility index (Phi) is 11.4. The number of methoxy groups -OCH3 is 2. The van der Waals surface area contributed by atoms with Gasteiger partial charge < -0.3 is 34.1 Å². The lowest BCUT2D eigenvalue weighted by Gasteiger charge is -2.20. The van der Waals surface area contributed by atoms with Crippen LogP contribution >= 0.6 is 0 Å². The van der Waals surface area contributed by atoms with Crippen molar-refractivity contribution in [1.82, 2.24) is 0 Å². The van der Waals surface area contributed by atoms with Crippen LogP contribution in [0.1, 0.15) is 73.0 Å². The molecule has 0 fully saturated rings. The average Bonchev–Trinajstić information content (AvgIpc) is 3.34. The first-order chi connectivity index (χ1) is 19.7.